The van der Waals surface area contributed by atoms with Crippen LogP contribution in [0.5, 0.6) is 0 Å². The van der Waals surface area contributed by atoms with E-state index in [1.165, 1.54) is 71.2 Å². The van der Waals surface area contributed by atoms with Crippen LogP contribution in [0.25, 0.3) is 0 Å². The minimum Gasteiger partial charge on any atom is -0.315 e. The van der Waals surface area contributed by atoms with Crippen LogP contribution in [0.4, 0.5) is 0 Å². The lowest BCUT2D eigenvalue weighted by Crippen LogP contribution is -2.38. The molecule has 2 nitrogen and oxygen atoms in total. The number of hydrogen-bond acceptors (Lipinski definition) is 2. The van der Waals surface area contributed by atoms with Crippen LogP contribution in [0.2, 0.25) is 0 Å². The molecule has 2 rings (SSSR count). The summed E-state index contributed by atoms with van der Waals surface area (Å²) in [4.78, 5) is 2.62. The molecule has 0 radical (unpaired) electrons. The first-order chi connectivity index (χ1) is 8.18. The van der Waals surface area contributed by atoms with Gasteiger partial charge in [-0.05, 0) is 56.7 Å². The van der Waals surface area contributed by atoms with Crippen LogP contribution in [0, 0.1) is 11.3 Å². The minimum absolute atomic E-state index is 0.581. The Morgan fingerprint density at radius 3 is 2.53 bits per heavy atom. The molecule has 2 aliphatic rings. The predicted octanol–water partition coefficient (Wildman–Crippen LogP) is 2.89. The molecule has 100 valence electrons. The number of piperidine rings is 1. The number of likely N-dealkylation sites (tertiary alicyclic amines) is 1. The topological polar surface area (TPSA) is 15.3 Å². The van der Waals surface area contributed by atoms with Crippen LogP contribution in [-0.4, -0.2) is 37.6 Å². The zero-order chi connectivity index (χ0) is 12.1. The molecule has 1 aliphatic carbocycles. The second-order valence-corrected chi connectivity index (χ2v) is 6.68. The van der Waals surface area contributed by atoms with Crippen LogP contribution in [0.1, 0.15) is 52.4 Å². The van der Waals surface area contributed by atoms with E-state index in [1.54, 1.807) is 0 Å². The van der Waals surface area contributed by atoms with Gasteiger partial charge in [-0.3, -0.25) is 0 Å². The monoisotopic (exact) mass is 238 g/mol. The summed E-state index contributed by atoms with van der Waals surface area (Å²) < 4.78 is 0. The van der Waals surface area contributed by atoms with E-state index in [-0.39, 0.29) is 0 Å². The normalized spacial score (nSPS) is 29.6. The molecule has 1 N–H and O–H groups in total. The highest BCUT2D eigenvalue weighted by atomic mass is 15.1. The highest BCUT2D eigenvalue weighted by molar-refractivity contribution is 4.86. The summed E-state index contributed by atoms with van der Waals surface area (Å²) in [5.74, 6) is 0.906. The smallest absolute Gasteiger partial charge is 0.0107 e. The van der Waals surface area contributed by atoms with Crippen molar-refractivity contribution in [1.82, 2.24) is 10.2 Å². The second-order valence-electron chi connectivity index (χ2n) is 6.68. The molecule has 0 aromatic rings. The fourth-order valence-electron chi connectivity index (χ4n) is 3.47. The Balaban J connectivity index is 1.56. The van der Waals surface area contributed by atoms with Crippen molar-refractivity contribution in [2.24, 2.45) is 11.3 Å². The maximum atomic E-state index is 3.69. The zero-order valence-electron chi connectivity index (χ0n) is 11.8. The summed E-state index contributed by atoms with van der Waals surface area (Å²) in [7, 11) is 0. The van der Waals surface area contributed by atoms with Crippen molar-refractivity contribution >= 4 is 0 Å². The third kappa shape index (κ3) is 3.96. The molecule has 1 aliphatic heterocycles. The van der Waals surface area contributed by atoms with Gasteiger partial charge in [0.1, 0.15) is 0 Å². The fourth-order valence-corrected chi connectivity index (χ4v) is 3.47. The van der Waals surface area contributed by atoms with Gasteiger partial charge in [0.2, 0.25) is 0 Å². The highest BCUT2D eigenvalue weighted by Gasteiger charge is 2.33. The van der Waals surface area contributed by atoms with Gasteiger partial charge in [0.05, 0.1) is 0 Å². The molecule has 0 amide bonds. The Hall–Kier alpha value is -0.0800. The Morgan fingerprint density at radius 1 is 1.12 bits per heavy atom. The SMILES string of the molecule is CC1(C)CCCC1CNCCN1CCCCC1. The van der Waals surface area contributed by atoms with Gasteiger partial charge < -0.3 is 10.2 Å². The van der Waals surface area contributed by atoms with E-state index in [9.17, 15) is 0 Å². The van der Waals surface area contributed by atoms with E-state index in [0.29, 0.717) is 5.41 Å². The molecular formula is C15H30N2. The minimum atomic E-state index is 0.581. The lowest BCUT2D eigenvalue weighted by molar-refractivity contribution is 0.217. The molecule has 0 aromatic heterocycles. The van der Waals surface area contributed by atoms with Gasteiger partial charge in [-0.1, -0.05) is 26.7 Å². The summed E-state index contributed by atoms with van der Waals surface area (Å²) in [5.41, 5.74) is 0.581. The molecule has 0 spiro atoms. The van der Waals surface area contributed by atoms with Gasteiger partial charge in [-0.2, -0.15) is 0 Å². The van der Waals surface area contributed by atoms with Crippen LogP contribution in [0.3, 0.4) is 0 Å². The summed E-state index contributed by atoms with van der Waals surface area (Å²) in [6.07, 6.45) is 8.56. The first kappa shape index (κ1) is 13.4. The molecule has 1 saturated carbocycles. The summed E-state index contributed by atoms with van der Waals surface area (Å²) >= 11 is 0. The average molecular weight is 238 g/mol. The lowest BCUT2D eigenvalue weighted by Gasteiger charge is -2.29. The first-order valence-corrected chi connectivity index (χ1v) is 7.61. The molecular weight excluding hydrogens is 208 g/mol. The Labute approximate surface area is 107 Å². The number of rotatable bonds is 5. The Morgan fingerprint density at radius 2 is 1.88 bits per heavy atom. The largest absolute Gasteiger partial charge is 0.315 e. The Kier molecular flexibility index (Phi) is 4.87. The first-order valence-electron chi connectivity index (χ1n) is 7.61. The van der Waals surface area contributed by atoms with Crippen LogP contribution >= 0.6 is 0 Å². The molecule has 1 unspecified atom stereocenters. The van der Waals surface area contributed by atoms with Gasteiger partial charge >= 0.3 is 0 Å². The van der Waals surface area contributed by atoms with Crippen molar-refractivity contribution in [2.45, 2.75) is 52.4 Å². The van der Waals surface area contributed by atoms with E-state index in [1.807, 2.05) is 0 Å². The Bertz CT molecular complexity index is 219. The molecule has 2 heteroatoms. The lowest BCUT2D eigenvalue weighted by atomic mass is 9.82. The molecule has 0 aromatic carbocycles. The maximum absolute atomic E-state index is 3.69. The summed E-state index contributed by atoms with van der Waals surface area (Å²) in [5, 5.41) is 3.69. The van der Waals surface area contributed by atoms with Gasteiger partial charge in [0.15, 0.2) is 0 Å². The molecule has 0 bridgehead atoms. The van der Waals surface area contributed by atoms with E-state index in [0.717, 1.165) is 5.92 Å². The van der Waals surface area contributed by atoms with Crippen molar-refractivity contribution in [1.29, 1.82) is 0 Å². The standard InChI is InChI=1S/C15H30N2/c1-15(2)8-6-7-14(15)13-16-9-12-17-10-4-3-5-11-17/h14,16H,3-13H2,1-2H3. The van der Waals surface area contributed by atoms with Crippen molar-refractivity contribution in [3.8, 4) is 0 Å². The molecule has 1 heterocycles. The molecule has 1 atom stereocenters. The maximum Gasteiger partial charge on any atom is 0.0107 e. The highest BCUT2D eigenvalue weighted by Crippen LogP contribution is 2.41. The third-order valence-corrected chi connectivity index (χ3v) is 4.92. The number of nitrogens with zero attached hydrogens (tertiary/aromatic N) is 1. The van der Waals surface area contributed by atoms with Crippen molar-refractivity contribution in [3.63, 3.8) is 0 Å². The van der Waals surface area contributed by atoms with Gasteiger partial charge in [0, 0.05) is 13.1 Å². The van der Waals surface area contributed by atoms with Crippen LogP contribution in [0.15, 0.2) is 0 Å². The zero-order valence-corrected chi connectivity index (χ0v) is 11.8. The van der Waals surface area contributed by atoms with Gasteiger partial charge in [-0.25, -0.2) is 0 Å². The quantitative estimate of drug-likeness (QED) is 0.741. The number of hydrogen-bond donors (Lipinski definition) is 1. The van der Waals surface area contributed by atoms with Crippen LogP contribution < -0.4 is 5.32 Å². The molecule has 2 fully saturated rings. The number of nitrogens with one attached hydrogen (secondary N) is 1. The summed E-state index contributed by atoms with van der Waals surface area (Å²) in [6, 6.07) is 0. The third-order valence-electron chi connectivity index (χ3n) is 4.92. The van der Waals surface area contributed by atoms with E-state index in [2.05, 4.69) is 24.1 Å². The average Bonchev–Trinajstić information content (AvgIpc) is 2.66. The van der Waals surface area contributed by atoms with Crippen molar-refractivity contribution < 1.29 is 0 Å². The predicted molar refractivity (Wildman–Crippen MR) is 74.3 cm³/mol. The van der Waals surface area contributed by atoms with E-state index >= 15 is 0 Å². The fraction of sp³-hybridized carbons (Fsp3) is 1.00. The van der Waals surface area contributed by atoms with Crippen molar-refractivity contribution in [3.05, 3.63) is 0 Å². The summed E-state index contributed by atoms with van der Waals surface area (Å²) in [6.45, 7) is 11.2. The van der Waals surface area contributed by atoms with Crippen molar-refractivity contribution in [2.75, 3.05) is 32.7 Å². The van der Waals surface area contributed by atoms with Gasteiger partial charge in [-0.15, -0.1) is 0 Å². The van der Waals surface area contributed by atoms with E-state index in [4.69, 9.17) is 0 Å². The van der Waals surface area contributed by atoms with Crippen LogP contribution in [-0.2, 0) is 0 Å². The van der Waals surface area contributed by atoms with Gasteiger partial charge in [0.25, 0.3) is 0 Å². The molecule has 1 saturated heterocycles. The molecule has 17 heavy (non-hydrogen) atoms. The van der Waals surface area contributed by atoms with E-state index < -0.39 is 0 Å². The second kappa shape index (κ2) is 6.19.